The predicted molar refractivity (Wildman–Crippen MR) is 203 cm³/mol. The van der Waals surface area contributed by atoms with Gasteiger partial charge in [-0.1, -0.05) is 19.1 Å². The lowest BCUT2D eigenvalue weighted by Gasteiger charge is -2.35. The summed E-state index contributed by atoms with van der Waals surface area (Å²) in [5.74, 6) is -4.18. The molecule has 4 amide bonds. The number of pyridine rings is 1. The summed E-state index contributed by atoms with van der Waals surface area (Å²) in [6.45, 7) is 5.81. The van der Waals surface area contributed by atoms with Crippen molar-refractivity contribution in [3.05, 3.63) is 42.4 Å². The predicted octanol–water partition coefficient (Wildman–Crippen LogP) is 4.57. The largest absolute Gasteiger partial charge is 0.494 e. The zero-order valence-corrected chi connectivity index (χ0v) is 34.3. The second kappa shape index (κ2) is 16.0. The summed E-state index contributed by atoms with van der Waals surface area (Å²) < 4.78 is 106. The Morgan fingerprint density at radius 3 is 2.53 bits per heavy atom. The quantitative estimate of drug-likeness (QED) is 0.237. The summed E-state index contributed by atoms with van der Waals surface area (Å²) in [5, 5.41) is 5.73. The first kappa shape index (κ1) is 43.8. The van der Waals surface area contributed by atoms with Crippen LogP contribution in [0.25, 0.3) is 10.8 Å². The van der Waals surface area contributed by atoms with E-state index in [9.17, 15) is 45.2 Å². The fourth-order valence-electron chi connectivity index (χ4n) is 7.30. The number of hydrogen-bond acceptors (Lipinski definition) is 11. The molecule has 1 saturated heterocycles. The number of ether oxygens (including phenoxy) is 4. The molecule has 1 aromatic carbocycles. The van der Waals surface area contributed by atoms with Gasteiger partial charge in [0.05, 0.1) is 30.6 Å². The Balaban J connectivity index is 1.38. The highest BCUT2D eigenvalue weighted by Crippen LogP contribution is 2.47. The van der Waals surface area contributed by atoms with E-state index in [0.29, 0.717) is 44.9 Å². The molecule has 15 nitrogen and oxygen atoms in total. The number of fused-ring (bicyclic) bond motifs is 3. The number of alkyl halides is 3. The highest BCUT2D eigenvalue weighted by atomic mass is 32.2. The molecule has 2 saturated carbocycles. The van der Waals surface area contributed by atoms with Gasteiger partial charge in [-0.05, 0) is 89.8 Å². The Hall–Kier alpha value is -4.72. The Bertz CT molecular complexity index is 2130. The maximum Gasteiger partial charge on any atom is 0.427 e. The maximum absolute atomic E-state index is 14.9. The third-order valence-corrected chi connectivity index (χ3v) is 13.7. The summed E-state index contributed by atoms with van der Waals surface area (Å²) in [7, 11) is -2.82. The third kappa shape index (κ3) is 8.93. The van der Waals surface area contributed by atoms with Crippen LogP contribution in [0.5, 0.6) is 11.6 Å². The van der Waals surface area contributed by atoms with E-state index in [0.717, 1.165) is 11.0 Å². The van der Waals surface area contributed by atoms with E-state index in [4.69, 9.17) is 18.9 Å². The van der Waals surface area contributed by atoms with Crippen LogP contribution in [0, 0.1) is 11.7 Å². The van der Waals surface area contributed by atoms with E-state index in [1.807, 2.05) is 0 Å². The number of aromatic nitrogens is 1. The van der Waals surface area contributed by atoms with E-state index in [2.05, 4.69) is 20.3 Å². The van der Waals surface area contributed by atoms with E-state index >= 15 is 0 Å². The number of alkyl carbamates (subject to hydrolysis) is 1. The van der Waals surface area contributed by atoms with Gasteiger partial charge < -0.3 is 34.5 Å². The van der Waals surface area contributed by atoms with Crippen LogP contribution in [0.4, 0.5) is 22.4 Å². The molecule has 3 fully saturated rings. The Labute approximate surface area is 339 Å². The number of nitrogens with one attached hydrogen (secondary N) is 3. The molecule has 0 bridgehead atoms. The summed E-state index contributed by atoms with van der Waals surface area (Å²) in [6.07, 6.45) is -3.04. The maximum atomic E-state index is 14.9. The number of halogens is 4. The Morgan fingerprint density at radius 1 is 1.17 bits per heavy atom. The number of hydrogen-bond donors (Lipinski definition) is 3. The molecular formula is C39H49F4N5O10S. The number of rotatable bonds is 9. The highest BCUT2D eigenvalue weighted by molar-refractivity contribution is 7.91. The summed E-state index contributed by atoms with van der Waals surface area (Å²) >= 11 is 0. The number of methoxy groups -OCH3 is 1. The standard InChI is InChI=1S/C39H49F4N5O10S/c1-7-28-30(45-35(52)58-36(3,4)39(41,42)43)33(50)48-20-24(57-32-25-18-26(40)29(55-6)16-22(25)12-15-44-32)17-27(48)31(49)46-38(19-23(38)11-9-8-10-21(2)56-28)34(51)47-59(53,54)37(5)13-14-37/h9,11-12,15-16,18,21,23-24,27-28,30H,7-8,10,13-14,17,19-20H2,1-6H3,(H,45,52)(H,46,49)(H,47,51)/b11-9-/t21-,23-,24-,27+,28+,30+,38-/m1/s1. The molecule has 6 rings (SSSR count). The minimum atomic E-state index is -4.97. The number of nitrogens with zero attached hydrogens (tertiary/aromatic N) is 2. The highest BCUT2D eigenvalue weighted by Gasteiger charge is 2.63. The molecular weight excluding hydrogens is 807 g/mol. The minimum Gasteiger partial charge on any atom is -0.494 e. The van der Waals surface area contributed by atoms with Crippen molar-refractivity contribution in [2.75, 3.05) is 13.7 Å². The minimum absolute atomic E-state index is 0.0355. The average molecular weight is 856 g/mol. The lowest BCUT2D eigenvalue weighted by atomic mass is 10.0. The lowest BCUT2D eigenvalue weighted by molar-refractivity contribution is -0.244. The first-order chi connectivity index (χ1) is 27.5. The first-order valence-corrected chi connectivity index (χ1v) is 20.9. The number of benzene rings is 1. The summed E-state index contributed by atoms with van der Waals surface area (Å²) in [5.41, 5.74) is -4.67. The average Bonchev–Trinajstić information content (AvgIpc) is 4.03. The molecule has 20 heteroatoms. The van der Waals surface area contributed by atoms with Crippen molar-refractivity contribution in [1.82, 2.24) is 25.2 Å². The Morgan fingerprint density at radius 2 is 1.88 bits per heavy atom. The van der Waals surface area contributed by atoms with Gasteiger partial charge in [-0.2, -0.15) is 13.2 Å². The van der Waals surface area contributed by atoms with Gasteiger partial charge in [-0.15, -0.1) is 0 Å². The van der Waals surface area contributed by atoms with E-state index in [1.54, 1.807) is 32.1 Å². The van der Waals surface area contributed by atoms with Crippen molar-refractivity contribution < 1.29 is 64.1 Å². The lowest BCUT2D eigenvalue weighted by Crippen LogP contribution is -2.61. The molecule has 2 aromatic rings. The van der Waals surface area contributed by atoms with Crippen molar-refractivity contribution in [2.24, 2.45) is 5.92 Å². The molecule has 0 spiro atoms. The van der Waals surface area contributed by atoms with Crippen LogP contribution in [0.2, 0.25) is 0 Å². The molecule has 324 valence electrons. The van der Waals surface area contributed by atoms with Gasteiger partial charge in [0.2, 0.25) is 33.3 Å². The van der Waals surface area contributed by atoms with Crippen molar-refractivity contribution in [3.8, 4) is 11.6 Å². The number of amides is 4. The first-order valence-electron chi connectivity index (χ1n) is 19.4. The van der Waals surface area contributed by atoms with Gasteiger partial charge in [-0.25, -0.2) is 22.6 Å². The molecule has 2 aliphatic carbocycles. The van der Waals surface area contributed by atoms with Gasteiger partial charge in [0.1, 0.15) is 23.7 Å². The molecule has 0 unspecified atom stereocenters. The Kier molecular flexibility index (Phi) is 11.9. The molecule has 2 aliphatic heterocycles. The number of carbonyl (C=O) groups excluding carboxylic acids is 4. The molecule has 7 atom stereocenters. The molecule has 3 N–H and O–H groups in total. The van der Waals surface area contributed by atoms with Crippen molar-refractivity contribution in [3.63, 3.8) is 0 Å². The van der Waals surface area contributed by atoms with Crippen molar-refractivity contribution in [1.29, 1.82) is 0 Å². The fraction of sp³-hybridized carbons (Fsp3) is 0.615. The van der Waals surface area contributed by atoms with E-state index in [-0.39, 0.29) is 42.8 Å². The monoisotopic (exact) mass is 855 g/mol. The van der Waals surface area contributed by atoms with Gasteiger partial charge in [0.15, 0.2) is 11.6 Å². The van der Waals surface area contributed by atoms with E-state index < -0.39 is 98.0 Å². The number of allylic oxidation sites excluding steroid dienone is 1. The fourth-order valence-corrected chi connectivity index (χ4v) is 8.62. The van der Waals surface area contributed by atoms with E-state index in [1.165, 1.54) is 26.3 Å². The van der Waals surface area contributed by atoms with Crippen molar-refractivity contribution >= 4 is 44.6 Å². The molecule has 1 aromatic heterocycles. The second-order valence-corrected chi connectivity index (χ2v) is 18.6. The number of sulfonamides is 1. The summed E-state index contributed by atoms with van der Waals surface area (Å²) in [6, 6.07) is 1.04. The second-order valence-electron chi connectivity index (χ2n) is 16.4. The smallest absolute Gasteiger partial charge is 0.427 e. The van der Waals surface area contributed by atoms with Gasteiger partial charge in [-0.3, -0.25) is 19.1 Å². The number of carbonyl (C=O) groups is 4. The van der Waals surface area contributed by atoms with Gasteiger partial charge >= 0.3 is 12.3 Å². The van der Waals surface area contributed by atoms with Crippen LogP contribution in [0.15, 0.2) is 36.5 Å². The van der Waals surface area contributed by atoms with Crippen LogP contribution in [0.3, 0.4) is 0 Å². The SMILES string of the molecule is CC[C@@H]1O[C@H](C)CC/C=C\[C@@H]2C[C@@]2(C(=O)NS(=O)(=O)C2(C)CC2)NC(=O)[C@@H]2C[C@@H](Oc3nccc4cc(OC)c(F)cc34)CN2C(=O)[C@H]1NC(=O)OC(C)(C)C(F)(F)F. The van der Waals surface area contributed by atoms with Crippen LogP contribution in [-0.2, 0) is 33.9 Å². The topological polar surface area (TPSA) is 192 Å². The zero-order chi connectivity index (χ0) is 43.3. The molecule has 0 radical (unpaired) electrons. The molecule has 4 aliphatic rings. The summed E-state index contributed by atoms with van der Waals surface area (Å²) in [4.78, 5) is 61.7. The third-order valence-electron chi connectivity index (χ3n) is 11.6. The normalized spacial score (nSPS) is 29.2. The molecule has 59 heavy (non-hydrogen) atoms. The molecule has 3 heterocycles. The van der Waals surface area contributed by atoms with Gasteiger partial charge in [0, 0.05) is 23.9 Å². The zero-order valence-electron chi connectivity index (χ0n) is 33.5. The van der Waals surface area contributed by atoms with Crippen LogP contribution >= 0.6 is 0 Å². The van der Waals surface area contributed by atoms with Crippen molar-refractivity contribution in [2.45, 2.75) is 132 Å². The van der Waals surface area contributed by atoms with Crippen LogP contribution < -0.4 is 24.8 Å². The van der Waals surface area contributed by atoms with Gasteiger partial charge in [0.25, 0.3) is 5.91 Å². The van der Waals surface area contributed by atoms with Crippen LogP contribution in [-0.4, -0.2) is 108 Å². The van der Waals surface area contributed by atoms with Crippen LogP contribution in [0.1, 0.15) is 79.6 Å².